The molecule has 3 N–H and O–H groups in total. The number of fused-ring (bicyclic) bond motifs is 2. The normalized spacial score (nSPS) is 15.5. The molecule has 1 unspecified atom stereocenters. The van der Waals surface area contributed by atoms with Gasteiger partial charge >= 0.3 is 6.03 Å². The van der Waals surface area contributed by atoms with Crippen LogP contribution in [0.1, 0.15) is 16.8 Å². The van der Waals surface area contributed by atoms with Crippen LogP contribution in [0, 0.1) is 6.92 Å². The SMILES string of the molecule is Cc1[nH]c2ccccc2c1CCNC(=O)NCC1Cc2ccccc2O1. The van der Waals surface area contributed by atoms with Gasteiger partial charge in [-0.05, 0) is 36.6 Å². The van der Waals surface area contributed by atoms with Crippen molar-refractivity contribution in [2.75, 3.05) is 13.1 Å². The highest BCUT2D eigenvalue weighted by Gasteiger charge is 2.22. The molecular weight excluding hydrogens is 326 g/mol. The summed E-state index contributed by atoms with van der Waals surface area (Å²) in [6.07, 6.45) is 1.65. The minimum atomic E-state index is -0.151. The maximum Gasteiger partial charge on any atom is 0.314 e. The quantitative estimate of drug-likeness (QED) is 0.661. The van der Waals surface area contributed by atoms with Crippen LogP contribution in [0.25, 0.3) is 10.9 Å². The molecule has 1 aliphatic heterocycles. The van der Waals surface area contributed by atoms with Crippen molar-refractivity contribution in [3.8, 4) is 5.75 Å². The summed E-state index contributed by atoms with van der Waals surface area (Å²) in [7, 11) is 0. The summed E-state index contributed by atoms with van der Waals surface area (Å²) in [4.78, 5) is 15.5. The number of hydrogen-bond acceptors (Lipinski definition) is 2. The Balaban J connectivity index is 1.24. The Bertz CT molecular complexity index is 907. The molecular formula is C21H23N3O2. The van der Waals surface area contributed by atoms with Gasteiger partial charge in [0.05, 0.1) is 6.54 Å². The number of carbonyl (C=O) groups excluding carboxylic acids is 1. The van der Waals surface area contributed by atoms with Crippen molar-refractivity contribution in [2.45, 2.75) is 25.9 Å². The number of aromatic nitrogens is 1. The van der Waals surface area contributed by atoms with Gasteiger partial charge in [-0.2, -0.15) is 0 Å². The van der Waals surface area contributed by atoms with Crippen LogP contribution in [-0.4, -0.2) is 30.2 Å². The number of para-hydroxylation sites is 2. The number of rotatable bonds is 5. The van der Waals surface area contributed by atoms with Crippen molar-refractivity contribution in [2.24, 2.45) is 0 Å². The van der Waals surface area contributed by atoms with Crippen molar-refractivity contribution in [1.82, 2.24) is 15.6 Å². The zero-order chi connectivity index (χ0) is 17.9. The summed E-state index contributed by atoms with van der Waals surface area (Å²) in [5.74, 6) is 0.925. The number of carbonyl (C=O) groups is 1. The van der Waals surface area contributed by atoms with Crippen molar-refractivity contribution in [3.63, 3.8) is 0 Å². The maximum absolute atomic E-state index is 12.1. The predicted molar refractivity (Wildman–Crippen MR) is 103 cm³/mol. The summed E-state index contributed by atoms with van der Waals surface area (Å²) in [6.45, 7) is 3.18. The van der Waals surface area contributed by atoms with Crippen LogP contribution in [0.5, 0.6) is 5.75 Å². The van der Waals surface area contributed by atoms with E-state index in [4.69, 9.17) is 4.74 Å². The second kappa shape index (κ2) is 7.12. The number of H-pyrrole nitrogens is 1. The number of aromatic amines is 1. The van der Waals surface area contributed by atoms with E-state index in [2.05, 4.69) is 40.7 Å². The third-order valence-electron chi connectivity index (χ3n) is 4.89. The maximum atomic E-state index is 12.1. The van der Waals surface area contributed by atoms with Crippen LogP contribution >= 0.6 is 0 Å². The monoisotopic (exact) mass is 349 g/mol. The number of amides is 2. The van der Waals surface area contributed by atoms with Gasteiger partial charge in [0.15, 0.2) is 0 Å². The first-order chi connectivity index (χ1) is 12.7. The second-order valence-corrected chi connectivity index (χ2v) is 6.71. The molecule has 1 aliphatic rings. The molecule has 1 aromatic heterocycles. The van der Waals surface area contributed by atoms with Crippen LogP contribution in [-0.2, 0) is 12.8 Å². The topological polar surface area (TPSA) is 66.2 Å². The van der Waals surface area contributed by atoms with E-state index in [1.165, 1.54) is 16.5 Å². The van der Waals surface area contributed by atoms with Gasteiger partial charge < -0.3 is 20.4 Å². The molecule has 1 atom stereocenters. The Morgan fingerprint density at radius 3 is 2.85 bits per heavy atom. The van der Waals surface area contributed by atoms with E-state index in [9.17, 15) is 4.79 Å². The van der Waals surface area contributed by atoms with Gasteiger partial charge in [0.25, 0.3) is 0 Å². The molecule has 26 heavy (non-hydrogen) atoms. The average molecular weight is 349 g/mol. The number of urea groups is 1. The van der Waals surface area contributed by atoms with Gasteiger partial charge in [-0.3, -0.25) is 0 Å². The van der Waals surface area contributed by atoms with Crippen molar-refractivity contribution >= 4 is 16.9 Å². The number of benzene rings is 2. The number of aryl methyl sites for hydroxylation is 1. The molecule has 134 valence electrons. The molecule has 2 amide bonds. The molecule has 0 aliphatic carbocycles. The summed E-state index contributed by atoms with van der Waals surface area (Å²) in [5.41, 5.74) is 4.76. The lowest BCUT2D eigenvalue weighted by Gasteiger charge is -2.12. The Morgan fingerprint density at radius 2 is 1.96 bits per heavy atom. The Hall–Kier alpha value is -2.95. The summed E-state index contributed by atoms with van der Waals surface area (Å²) in [6, 6.07) is 16.1. The first-order valence-electron chi connectivity index (χ1n) is 9.03. The van der Waals surface area contributed by atoms with Crippen molar-refractivity contribution < 1.29 is 9.53 Å². The van der Waals surface area contributed by atoms with Gasteiger partial charge in [-0.25, -0.2) is 4.79 Å². The summed E-state index contributed by atoms with van der Waals surface area (Å²) >= 11 is 0. The fraction of sp³-hybridized carbons (Fsp3) is 0.286. The predicted octanol–water partition coefficient (Wildman–Crippen LogP) is 3.32. The minimum absolute atomic E-state index is 0.00834. The zero-order valence-electron chi connectivity index (χ0n) is 14.8. The first-order valence-corrected chi connectivity index (χ1v) is 9.03. The van der Waals surface area contributed by atoms with Crippen LogP contribution in [0.3, 0.4) is 0 Å². The molecule has 0 bridgehead atoms. The highest BCUT2D eigenvalue weighted by molar-refractivity contribution is 5.84. The molecule has 0 fully saturated rings. The molecule has 0 spiro atoms. The molecule has 0 radical (unpaired) electrons. The smallest absolute Gasteiger partial charge is 0.314 e. The lowest BCUT2D eigenvalue weighted by molar-refractivity contribution is 0.214. The Morgan fingerprint density at radius 1 is 1.15 bits per heavy atom. The van der Waals surface area contributed by atoms with E-state index in [1.807, 2.05) is 30.3 Å². The fourth-order valence-corrected chi connectivity index (χ4v) is 3.59. The van der Waals surface area contributed by atoms with Gasteiger partial charge in [0.1, 0.15) is 11.9 Å². The van der Waals surface area contributed by atoms with E-state index in [0.29, 0.717) is 13.1 Å². The molecule has 4 rings (SSSR count). The third kappa shape index (κ3) is 3.38. The highest BCUT2D eigenvalue weighted by Crippen LogP contribution is 2.27. The molecule has 5 heteroatoms. The van der Waals surface area contributed by atoms with Crippen LogP contribution in [0.15, 0.2) is 48.5 Å². The third-order valence-corrected chi connectivity index (χ3v) is 4.89. The largest absolute Gasteiger partial charge is 0.488 e. The molecule has 3 aromatic rings. The fourth-order valence-electron chi connectivity index (χ4n) is 3.59. The Labute approximate surface area is 152 Å². The Kier molecular flexibility index (Phi) is 4.52. The van der Waals surface area contributed by atoms with Crippen LogP contribution in [0.4, 0.5) is 4.79 Å². The van der Waals surface area contributed by atoms with Crippen molar-refractivity contribution in [3.05, 3.63) is 65.4 Å². The first kappa shape index (κ1) is 16.5. The van der Waals surface area contributed by atoms with E-state index in [-0.39, 0.29) is 12.1 Å². The summed E-state index contributed by atoms with van der Waals surface area (Å²) in [5, 5.41) is 7.07. The molecule has 2 heterocycles. The number of ether oxygens (including phenoxy) is 1. The van der Waals surface area contributed by atoms with Crippen LogP contribution in [0.2, 0.25) is 0 Å². The highest BCUT2D eigenvalue weighted by atomic mass is 16.5. The lowest BCUT2D eigenvalue weighted by atomic mass is 10.1. The molecule has 2 aromatic carbocycles. The lowest BCUT2D eigenvalue weighted by Crippen LogP contribution is -2.41. The molecule has 0 saturated heterocycles. The number of nitrogens with one attached hydrogen (secondary N) is 3. The zero-order valence-corrected chi connectivity index (χ0v) is 14.8. The van der Waals surface area contributed by atoms with Gasteiger partial charge in [0, 0.05) is 29.6 Å². The summed E-state index contributed by atoms with van der Waals surface area (Å²) < 4.78 is 5.84. The van der Waals surface area contributed by atoms with Gasteiger partial charge in [-0.15, -0.1) is 0 Å². The van der Waals surface area contributed by atoms with E-state index in [1.54, 1.807) is 0 Å². The second-order valence-electron chi connectivity index (χ2n) is 6.71. The molecule has 0 saturated carbocycles. The minimum Gasteiger partial charge on any atom is -0.488 e. The van der Waals surface area contributed by atoms with E-state index in [0.717, 1.165) is 29.8 Å². The average Bonchev–Trinajstić information content (AvgIpc) is 3.20. The van der Waals surface area contributed by atoms with Gasteiger partial charge in [0.2, 0.25) is 0 Å². The van der Waals surface area contributed by atoms with Gasteiger partial charge in [-0.1, -0.05) is 36.4 Å². The van der Waals surface area contributed by atoms with E-state index < -0.39 is 0 Å². The van der Waals surface area contributed by atoms with E-state index >= 15 is 0 Å². The molecule has 5 nitrogen and oxygen atoms in total. The van der Waals surface area contributed by atoms with Crippen molar-refractivity contribution in [1.29, 1.82) is 0 Å². The van der Waals surface area contributed by atoms with Crippen LogP contribution < -0.4 is 15.4 Å². The number of hydrogen-bond donors (Lipinski definition) is 3. The standard InChI is InChI=1S/C21H23N3O2/c1-14-17(18-7-3-4-8-19(18)24-14)10-11-22-21(25)23-13-16-12-15-6-2-5-9-20(15)26-16/h2-9,16,24H,10-13H2,1H3,(H2,22,23,25).